The van der Waals surface area contributed by atoms with Crippen molar-refractivity contribution in [2.75, 3.05) is 13.2 Å². The van der Waals surface area contributed by atoms with Crippen LogP contribution in [0.3, 0.4) is 0 Å². The van der Waals surface area contributed by atoms with E-state index in [1.807, 2.05) is 22.8 Å². The van der Waals surface area contributed by atoms with Crippen LogP contribution in [0, 0.1) is 0 Å². The van der Waals surface area contributed by atoms with Crippen molar-refractivity contribution in [3.63, 3.8) is 0 Å². The molecule has 0 spiro atoms. The molecule has 0 radical (unpaired) electrons. The minimum absolute atomic E-state index is 0.0489. The van der Waals surface area contributed by atoms with Crippen LogP contribution in [-0.4, -0.2) is 39.5 Å². The molecule has 0 unspecified atom stereocenters. The van der Waals surface area contributed by atoms with E-state index in [9.17, 15) is 22.8 Å². The monoisotopic (exact) mass is 417 g/mol. The van der Waals surface area contributed by atoms with Crippen LogP contribution in [0.2, 0.25) is 0 Å². The SMILES string of the molecule is NS(=O)(=O)c1cc(C(=O)OCC(=O)NC(=O)NCCc2cccs2)cs1. The van der Waals surface area contributed by atoms with Crippen molar-refractivity contribution in [3.8, 4) is 0 Å². The highest BCUT2D eigenvalue weighted by Gasteiger charge is 2.17. The Kier molecular flexibility index (Phi) is 6.85. The summed E-state index contributed by atoms with van der Waals surface area (Å²) in [5.74, 6) is -1.71. The van der Waals surface area contributed by atoms with E-state index in [1.165, 1.54) is 5.38 Å². The highest BCUT2D eigenvalue weighted by molar-refractivity contribution is 7.91. The van der Waals surface area contributed by atoms with Gasteiger partial charge in [-0.25, -0.2) is 23.1 Å². The van der Waals surface area contributed by atoms with E-state index in [4.69, 9.17) is 9.88 Å². The molecule has 0 aliphatic carbocycles. The molecule has 9 nitrogen and oxygen atoms in total. The lowest BCUT2D eigenvalue weighted by Gasteiger charge is -2.06. The predicted molar refractivity (Wildman–Crippen MR) is 95.5 cm³/mol. The maximum absolute atomic E-state index is 11.7. The Hall–Kier alpha value is -2.28. The van der Waals surface area contributed by atoms with Gasteiger partial charge in [-0.3, -0.25) is 10.1 Å². The molecule has 26 heavy (non-hydrogen) atoms. The predicted octanol–water partition coefficient (Wildman–Crippen LogP) is 0.682. The normalized spacial score (nSPS) is 11.0. The topological polar surface area (TPSA) is 145 Å². The lowest BCUT2D eigenvalue weighted by atomic mass is 10.3. The van der Waals surface area contributed by atoms with Crippen LogP contribution in [0.1, 0.15) is 15.2 Å². The third-order valence-corrected chi connectivity index (χ3v) is 6.24. The molecular formula is C14H15N3O6S3. The first-order chi connectivity index (χ1) is 12.3. The summed E-state index contributed by atoms with van der Waals surface area (Å²) in [6.45, 7) is -0.331. The maximum atomic E-state index is 11.7. The number of primary sulfonamides is 1. The average molecular weight is 417 g/mol. The number of amides is 3. The third kappa shape index (κ3) is 6.22. The zero-order chi connectivity index (χ0) is 19.2. The van der Waals surface area contributed by atoms with Crippen LogP contribution < -0.4 is 15.8 Å². The molecular weight excluding hydrogens is 402 g/mol. The van der Waals surface area contributed by atoms with Crippen molar-refractivity contribution in [2.45, 2.75) is 10.6 Å². The second-order valence-electron chi connectivity index (χ2n) is 4.91. The van der Waals surface area contributed by atoms with Gasteiger partial charge in [0.1, 0.15) is 4.21 Å². The van der Waals surface area contributed by atoms with Gasteiger partial charge in [0, 0.05) is 16.8 Å². The molecule has 2 aromatic rings. The zero-order valence-corrected chi connectivity index (χ0v) is 15.7. The van der Waals surface area contributed by atoms with Gasteiger partial charge in [0.2, 0.25) is 10.0 Å². The molecule has 0 bridgehead atoms. The van der Waals surface area contributed by atoms with Gasteiger partial charge in [0.25, 0.3) is 5.91 Å². The highest BCUT2D eigenvalue weighted by atomic mass is 32.2. The van der Waals surface area contributed by atoms with Crippen LogP contribution in [0.5, 0.6) is 0 Å². The standard InChI is InChI=1S/C14H15N3O6S3/c15-26(21,22)12-6-9(8-25-12)13(19)23-7-11(18)17-14(20)16-4-3-10-2-1-5-24-10/h1-2,5-6,8H,3-4,7H2,(H2,15,21,22)(H2,16,17,18,20). The van der Waals surface area contributed by atoms with Gasteiger partial charge in [0.15, 0.2) is 6.61 Å². The summed E-state index contributed by atoms with van der Waals surface area (Å²) >= 11 is 2.32. The van der Waals surface area contributed by atoms with Crippen LogP contribution in [0.15, 0.2) is 33.2 Å². The Labute approximate surface area is 157 Å². The van der Waals surface area contributed by atoms with Crippen LogP contribution in [0.25, 0.3) is 0 Å². The first-order valence-electron chi connectivity index (χ1n) is 7.14. The number of imide groups is 1. The van der Waals surface area contributed by atoms with Gasteiger partial charge < -0.3 is 10.1 Å². The number of sulfonamides is 1. The Bertz CT molecular complexity index is 889. The second kappa shape index (κ2) is 8.89. The molecule has 0 saturated carbocycles. The molecule has 0 aliphatic heterocycles. The smallest absolute Gasteiger partial charge is 0.339 e. The van der Waals surface area contributed by atoms with E-state index in [0.29, 0.717) is 13.0 Å². The molecule has 0 aromatic carbocycles. The number of hydrogen-bond acceptors (Lipinski definition) is 8. The molecule has 12 heteroatoms. The van der Waals surface area contributed by atoms with E-state index < -0.39 is 34.5 Å². The number of ether oxygens (including phenoxy) is 1. The first-order valence-corrected chi connectivity index (χ1v) is 10.4. The summed E-state index contributed by atoms with van der Waals surface area (Å²) in [6, 6.07) is 4.18. The van der Waals surface area contributed by atoms with Crippen molar-refractivity contribution in [2.24, 2.45) is 5.14 Å². The maximum Gasteiger partial charge on any atom is 0.339 e. The largest absolute Gasteiger partial charge is 0.452 e. The van der Waals surface area contributed by atoms with E-state index in [0.717, 1.165) is 22.3 Å². The summed E-state index contributed by atoms with van der Waals surface area (Å²) in [5, 5.41) is 12.6. The number of rotatable bonds is 7. The molecule has 4 N–H and O–H groups in total. The summed E-state index contributed by atoms with van der Waals surface area (Å²) in [7, 11) is -3.91. The lowest BCUT2D eigenvalue weighted by molar-refractivity contribution is -0.123. The second-order valence-corrected chi connectivity index (χ2v) is 8.64. The molecule has 0 saturated heterocycles. The number of carbonyl (C=O) groups excluding carboxylic acids is 3. The Balaban J connectivity index is 1.71. The first kappa shape index (κ1) is 20.0. The van der Waals surface area contributed by atoms with Crippen molar-refractivity contribution in [1.82, 2.24) is 10.6 Å². The van der Waals surface area contributed by atoms with Gasteiger partial charge in [-0.2, -0.15) is 0 Å². The van der Waals surface area contributed by atoms with Gasteiger partial charge in [-0.1, -0.05) is 6.07 Å². The van der Waals surface area contributed by atoms with Gasteiger partial charge in [-0.15, -0.1) is 22.7 Å². The number of esters is 1. The van der Waals surface area contributed by atoms with Crippen molar-refractivity contribution in [1.29, 1.82) is 0 Å². The number of nitrogens with two attached hydrogens (primary N) is 1. The fourth-order valence-electron chi connectivity index (χ4n) is 1.75. The van der Waals surface area contributed by atoms with Gasteiger partial charge >= 0.3 is 12.0 Å². The number of carbonyl (C=O) groups is 3. The third-order valence-electron chi connectivity index (χ3n) is 2.92. The number of urea groups is 1. The molecule has 3 amide bonds. The Morgan fingerprint density at radius 3 is 2.62 bits per heavy atom. The van der Waals surface area contributed by atoms with Gasteiger partial charge in [-0.05, 0) is 23.9 Å². The fourth-order valence-corrected chi connectivity index (χ4v) is 4.03. The lowest BCUT2D eigenvalue weighted by Crippen LogP contribution is -2.42. The molecule has 0 fully saturated rings. The summed E-state index contributed by atoms with van der Waals surface area (Å²) < 4.78 is 26.8. The Morgan fingerprint density at radius 1 is 1.23 bits per heavy atom. The van der Waals surface area contributed by atoms with Crippen molar-refractivity contribution < 1.29 is 27.5 Å². The van der Waals surface area contributed by atoms with Crippen molar-refractivity contribution in [3.05, 3.63) is 39.4 Å². The summed E-state index contributed by atoms with van der Waals surface area (Å²) in [4.78, 5) is 36.0. The van der Waals surface area contributed by atoms with Crippen LogP contribution in [-0.2, 0) is 26.0 Å². The molecule has 2 rings (SSSR count). The zero-order valence-electron chi connectivity index (χ0n) is 13.3. The average Bonchev–Trinajstić information content (AvgIpc) is 3.23. The van der Waals surface area contributed by atoms with E-state index in [1.54, 1.807) is 11.3 Å². The van der Waals surface area contributed by atoms with Gasteiger partial charge in [0.05, 0.1) is 5.56 Å². The molecule has 0 atom stereocenters. The minimum atomic E-state index is -3.91. The van der Waals surface area contributed by atoms with E-state index in [-0.39, 0.29) is 9.77 Å². The summed E-state index contributed by atoms with van der Waals surface area (Å²) in [6.07, 6.45) is 0.638. The fraction of sp³-hybridized carbons (Fsp3) is 0.214. The molecule has 2 aromatic heterocycles. The molecule has 2 heterocycles. The number of hydrogen-bond donors (Lipinski definition) is 3. The van der Waals surface area contributed by atoms with Crippen LogP contribution in [0.4, 0.5) is 4.79 Å². The van der Waals surface area contributed by atoms with E-state index >= 15 is 0 Å². The number of thiophene rings is 2. The number of nitrogens with one attached hydrogen (secondary N) is 2. The molecule has 0 aliphatic rings. The summed E-state index contributed by atoms with van der Waals surface area (Å²) in [5.41, 5.74) is -0.0489. The van der Waals surface area contributed by atoms with Crippen LogP contribution >= 0.6 is 22.7 Å². The minimum Gasteiger partial charge on any atom is -0.452 e. The quantitative estimate of drug-likeness (QED) is 0.565. The highest BCUT2D eigenvalue weighted by Crippen LogP contribution is 2.19. The molecule has 140 valence electrons. The Morgan fingerprint density at radius 2 is 2.00 bits per heavy atom. The van der Waals surface area contributed by atoms with E-state index in [2.05, 4.69) is 5.32 Å². The van der Waals surface area contributed by atoms with Crippen molar-refractivity contribution >= 4 is 50.6 Å².